The molecule has 0 aliphatic carbocycles. The minimum Gasteiger partial charge on any atom is -0.438 e. The Hall–Kier alpha value is -4.71. The van der Waals surface area contributed by atoms with Gasteiger partial charge in [-0.2, -0.15) is 0 Å². The van der Waals surface area contributed by atoms with Crippen LogP contribution in [0.15, 0.2) is 90.6 Å². The van der Waals surface area contributed by atoms with Crippen LogP contribution in [0.1, 0.15) is 16.9 Å². The van der Waals surface area contributed by atoms with Crippen LogP contribution >= 0.6 is 11.3 Å². The largest absolute Gasteiger partial charge is 0.438 e. The number of aryl methyl sites for hydroxylation is 1. The summed E-state index contributed by atoms with van der Waals surface area (Å²) in [6, 6.07) is 24.8. The van der Waals surface area contributed by atoms with E-state index in [1.54, 1.807) is 23.7 Å². The number of hydrogen-bond acceptors (Lipinski definition) is 10. The van der Waals surface area contributed by atoms with E-state index in [0.717, 1.165) is 45.7 Å². The van der Waals surface area contributed by atoms with Gasteiger partial charge in [-0.3, -0.25) is 10.9 Å². The molecule has 0 atom stereocenters. The van der Waals surface area contributed by atoms with Crippen molar-refractivity contribution < 1.29 is 9.53 Å². The number of fused-ring (bicyclic) bond motifs is 1. The Labute approximate surface area is 261 Å². The van der Waals surface area contributed by atoms with Crippen LogP contribution in [-0.2, 0) is 0 Å². The van der Waals surface area contributed by atoms with Gasteiger partial charge in [-0.25, -0.2) is 15.0 Å². The molecule has 1 aliphatic heterocycles. The van der Waals surface area contributed by atoms with Gasteiger partial charge >= 0.3 is 0 Å². The molecule has 11 heteroatoms. The lowest BCUT2D eigenvalue weighted by atomic mass is 10.1. The highest BCUT2D eigenvalue weighted by molar-refractivity contribution is 7.11. The molecule has 3 aromatic heterocycles. The number of hydrogen-bond donors (Lipinski definition) is 5. The molecular formula is C33H35N7O2SSi. The lowest BCUT2D eigenvalue weighted by Gasteiger charge is -2.21. The van der Waals surface area contributed by atoms with E-state index in [9.17, 15) is 4.80 Å². The summed E-state index contributed by atoms with van der Waals surface area (Å²) in [7, 11) is -2.06. The number of benzene rings is 2. The molecule has 0 saturated heterocycles. The first-order valence-electron chi connectivity index (χ1n) is 14.5. The molecule has 224 valence electrons. The van der Waals surface area contributed by atoms with Gasteiger partial charge in [0.2, 0.25) is 11.8 Å². The van der Waals surface area contributed by atoms with Gasteiger partial charge in [-0.15, -0.1) is 11.3 Å². The molecule has 0 fully saturated rings. The number of aromatic nitrogens is 3. The summed E-state index contributed by atoms with van der Waals surface area (Å²) in [5.74, 6) is 2.51. The summed E-state index contributed by atoms with van der Waals surface area (Å²) >= 11 is 1.73. The Balaban J connectivity index is 1.18. The fourth-order valence-corrected chi connectivity index (χ4v) is 6.83. The number of anilines is 2. The SMILES string of the molecule is Cc1csc(C2=c3ccccc3=C(Nc3ccc(Oc4ncccc4-c4ccnc(NCCC[Si](C)(C)O)n4)cc3)NN2)c1. The second kappa shape index (κ2) is 12.9. The van der Waals surface area contributed by atoms with Crippen molar-refractivity contribution in [3.8, 4) is 22.9 Å². The van der Waals surface area contributed by atoms with Gasteiger partial charge in [0.25, 0.3) is 0 Å². The fourth-order valence-electron chi connectivity index (χ4n) is 4.88. The van der Waals surface area contributed by atoms with Crippen molar-refractivity contribution in [3.05, 3.63) is 111 Å². The first kappa shape index (κ1) is 29.4. The maximum absolute atomic E-state index is 10.1. The van der Waals surface area contributed by atoms with Crippen LogP contribution in [0.3, 0.4) is 0 Å². The van der Waals surface area contributed by atoms with E-state index in [0.29, 0.717) is 29.8 Å². The molecule has 6 rings (SSSR count). The van der Waals surface area contributed by atoms with Crippen LogP contribution in [0.2, 0.25) is 19.1 Å². The van der Waals surface area contributed by atoms with Crippen molar-refractivity contribution in [3.63, 3.8) is 0 Å². The Bertz CT molecular complexity index is 1890. The molecule has 5 aromatic rings. The molecule has 1 aliphatic rings. The Morgan fingerprint density at radius 3 is 2.52 bits per heavy atom. The molecule has 0 amide bonds. The van der Waals surface area contributed by atoms with Gasteiger partial charge in [0, 0.05) is 35.1 Å². The summed E-state index contributed by atoms with van der Waals surface area (Å²) in [5, 5.41) is 11.1. The summed E-state index contributed by atoms with van der Waals surface area (Å²) in [6.45, 7) is 6.70. The lowest BCUT2D eigenvalue weighted by molar-refractivity contribution is 0.465. The van der Waals surface area contributed by atoms with Gasteiger partial charge in [0.05, 0.1) is 21.8 Å². The van der Waals surface area contributed by atoms with Crippen LogP contribution in [0.25, 0.3) is 22.8 Å². The van der Waals surface area contributed by atoms with Crippen molar-refractivity contribution in [1.82, 2.24) is 25.8 Å². The maximum atomic E-state index is 10.1. The van der Waals surface area contributed by atoms with Crippen molar-refractivity contribution >= 4 is 42.8 Å². The lowest BCUT2D eigenvalue weighted by Crippen LogP contribution is -2.48. The summed E-state index contributed by atoms with van der Waals surface area (Å²) in [6.07, 6.45) is 4.29. The molecule has 4 heterocycles. The first-order chi connectivity index (χ1) is 21.3. The standard InChI is InChI=1S/C33H35N7O2SSi/c1-22-20-29(43-21-22)30-25-8-4-5-9-26(25)31(40-39-30)37-23-11-13-24(14-12-23)42-32-27(10-6-16-34-32)28-15-18-36-33(38-28)35-17-7-19-44(2,3)41/h4-6,8-16,18,20-21,37,39-41H,7,17,19H2,1-3H3,(H,35,36,38). The number of thiophene rings is 1. The predicted octanol–water partition coefficient (Wildman–Crippen LogP) is 5.14. The topological polar surface area (TPSA) is 116 Å². The van der Waals surface area contributed by atoms with E-state index in [-0.39, 0.29) is 0 Å². The molecule has 9 nitrogen and oxygen atoms in total. The zero-order valence-electron chi connectivity index (χ0n) is 24.9. The summed E-state index contributed by atoms with van der Waals surface area (Å²) in [4.78, 5) is 24.8. The predicted molar refractivity (Wildman–Crippen MR) is 180 cm³/mol. The van der Waals surface area contributed by atoms with E-state index in [1.165, 1.54) is 10.4 Å². The third-order valence-corrected chi connectivity index (χ3v) is 9.69. The highest BCUT2D eigenvalue weighted by Crippen LogP contribution is 2.31. The number of nitrogens with zero attached hydrogens (tertiary/aromatic N) is 3. The minimum absolute atomic E-state index is 0.458. The van der Waals surface area contributed by atoms with E-state index in [4.69, 9.17) is 4.74 Å². The van der Waals surface area contributed by atoms with Crippen molar-refractivity contribution in [2.24, 2.45) is 0 Å². The fraction of sp³-hybridized carbons (Fsp3) is 0.182. The molecule has 2 aromatic carbocycles. The van der Waals surface area contributed by atoms with E-state index < -0.39 is 8.32 Å². The monoisotopic (exact) mass is 621 g/mol. The average molecular weight is 622 g/mol. The second-order valence-corrected chi connectivity index (χ2v) is 16.3. The average Bonchev–Trinajstić information content (AvgIpc) is 3.46. The van der Waals surface area contributed by atoms with Crippen LogP contribution in [0, 0.1) is 6.92 Å². The number of ether oxygens (including phenoxy) is 1. The number of hydrazine groups is 1. The van der Waals surface area contributed by atoms with E-state index in [1.807, 2.05) is 61.6 Å². The third-order valence-electron chi connectivity index (χ3n) is 7.04. The molecular weight excluding hydrogens is 587 g/mol. The van der Waals surface area contributed by atoms with Crippen LogP contribution in [-0.4, -0.2) is 34.6 Å². The number of rotatable bonds is 11. The quantitative estimate of drug-likeness (QED) is 0.101. The molecule has 0 unspecified atom stereocenters. The minimum atomic E-state index is -2.06. The zero-order valence-corrected chi connectivity index (χ0v) is 26.7. The normalized spacial score (nSPS) is 12.6. The first-order valence-corrected chi connectivity index (χ1v) is 18.6. The van der Waals surface area contributed by atoms with E-state index >= 15 is 0 Å². The maximum Gasteiger partial charge on any atom is 0.228 e. The highest BCUT2D eigenvalue weighted by Gasteiger charge is 2.16. The van der Waals surface area contributed by atoms with Gasteiger partial charge in [-0.1, -0.05) is 24.3 Å². The van der Waals surface area contributed by atoms with Crippen LogP contribution < -0.4 is 36.7 Å². The van der Waals surface area contributed by atoms with Gasteiger partial charge < -0.3 is 20.2 Å². The van der Waals surface area contributed by atoms with Gasteiger partial charge in [-0.05, 0) is 92.0 Å². The highest BCUT2D eigenvalue weighted by atomic mass is 32.1. The van der Waals surface area contributed by atoms with E-state index in [2.05, 4.69) is 73.0 Å². The second-order valence-electron chi connectivity index (χ2n) is 11.2. The number of pyridine rings is 1. The van der Waals surface area contributed by atoms with Crippen molar-refractivity contribution in [1.29, 1.82) is 0 Å². The van der Waals surface area contributed by atoms with Crippen molar-refractivity contribution in [2.75, 3.05) is 17.2 Å². The van der Waals surface area contributed by atoms with Gasteiger partial charge in [0.1, 0.15) is 11.6 Å². The molecule has 0 saturated carbocycles. The molecule has 0 radical (unpaired) electrons. The zero-order chi connectivity index (χ0) is 30.5. The Kier molecular flexibility index (Phi) is 8.60. The molecule has 0 spiro atoms. The van der Waals surface area contributed by atoms with Gasteiger partial charge in [0.15, 0.2) is 8.32 Å². The summed E-state index contributed by atoms with van der Waals surface area (Å²) < 4.78 is 6.23. The van der Waals surface area contributed by atoms with Crippen LogP contribution in [0.5, 0.6) is 11.6 Å². The number of nitrogens with one attached hydrogen (secondary N) is 4. The molecule has 5 N–H and O–H groups in total. The smallest absolute Gasteiger partial charge is 0.228 e. The van der Waals surface area contributed by atoms with Crippen LogP contribution in [0.4, 0.5) is 11.6 Å². The third kappa shape index (κ3) is 7.08. The Morgan fingerprint density at radius 2 is 1.75 bits per heavy atom. The van der Waals surface area contributed by atoms with Crippen molar-refractivity contribution in [2.45, 2.75) is 32.5 Å². The molecule has 0 bridgehead atoms. The molecule has 44 heavy (non-hydrogen) atoms. The summed E-state index contributed by atoms with van der Waals surface area (Å²) in [5.41, 5.74) is 11.4. The Morgan fingerprint density at radius 1 is 0.932 bits per heavy atom.